The Labute approximate surface area is 112 Å². The molecule has 1 aromatic heterocycles. The maximum Gasteiger partial charge on any atom is 0.168 e. The average molecular weight is 255 g/mol. The molecule has 5 heteroatoms. The van der Waals surface area contributed by atoms with E-state index >= 15 is 0 Å². The van der Waals surface area contributed by atoms with Crippen LogP contribution in [0.1, 0.15) is 24.5 Å². The molecule has 0 spiro atoms. The predicted molar refractivity (Wildman–Crippen MR) is 75.7 cm³/mol. The summed E-state index contributed by atoms with van der Waals surface area (Å²) in [5.41, 5.74) is 7.49. The van der Waals surface area contributed by atoms with E-state index in [1.807, 2.05) is 30.3 Å². The molecule has 0 saturated carbocycles. The Kier molecular flexibility index (Phi) is 4.04. The zero-order valence-electron chi connectivity index (χ0n) is 10.9. The van der Waals surface area contributed by atoms with E-state index in [4.69, 9.17) is 11.0 Å². The van der Waals surface area contributed by atoms with Crippen molar-refractivity contribution in [2.45, 2.75) is 19.9 Å². The first-order valence-electron chi connectivity index (χ1n) is 6.30. The fraction of sp³-hybridized carbons (Fsp3) is 0.286. The van der Waals surface area contributed by atoms with Crippen LogP contribution in [-0.4, -0.2) is 16.3 Å². The highest BCUT2D eigenvalue weighted by molar-refractivity contribution is 5.63. The number of rotatable bonds is 5. The summed E-state index contributed by atoms with van der Waals surface area (Å²) in [4.78, 5) is 0. The summed E-state index contributed by atoms with van der Waals surface area (Å²) in [6.45, 7) is 3.40. The molecule has 98 valence electrons. The van der Waals surface area contributed by atoms with Crippen molar-refractivity contribution in [3.8, 4) is 6.07 Å². The third-order valence-electron chi connectivity index (χ3n) is 2.82. The zero-order chi connectivity index (χ0) is 13.7. The van der Waals surface area contributed by atoms with Gasteiger partial charge < -0.3 is 11.1 Å². The van der Waals surface area contributed by atoms with Gasteiger partial charge in [0.2, 0.25) is 0 Å². The number of nitrogens with zero attached hydrogens (tertiary/aromatic N) is 3. The lowest BCUT2D eigenvalue weighted by Crippen LogP contribution is -2.06. The Balaban J connectivity index is 2.26. The summed E-state index contributed by atoms with van der Waals surface area (Å²) in [5.74, 6) is 0.975. The number of nitrogen functional groups attached to an aromatic ring is 1. The van der Waals surface area contributed by atoms with Crippen LogP contribution in [0.4, 0.5) is 11.6 Å². The van der Waals surface area contributed by atoms with E-state index in [2.05, 4.69) is 23.4 Å². The number of anilines is 2. The number of aromatic nitrogens is 2. The summed E-state index contributed by atoms with van der Waals surface area (Å²) in [7, 11) is 0. The maximum atomic E-state index is 9.15. The largest absolute Gasteiger partial charge is 0.383 e. The van der Waals surface area contributed by atoms with E-state index in [0.29, 0.717) is 23.7 Å². The van der Waals surface area contributed by atoms with E-state index in [1.165, 1.54) is 0 Å². The summed E-state index contributed by atoms with van der Waals surface area (Å²) >= 11 is 0. The second-order valence-corrected chi connectivity index (χ2v) is 4.29. The molecular weight excluding hydrogens is 238 g/mol. The van der Waals surface area contributed by atoms with Crippen LogP contribution >= 0.6 is 0 Å². The first-order valence-corrected chi connectivity index (χ1v) is 6.30. The molecule has 2 rings (SSSR count). The Bertz CT molecular complexity index is 580. The summed E-state index contributed by atoms with van der Waals surface area (Å²) in [6, 6.07) is 12.0. The van der Waals surface area contributed by atoms with Crippen molar-refractivity contribution in [2.75, 3.05) is 17.6 Å². The maximum absolute atomic E-state index is 9.15. The van der Waals surface area contributed by atoms with Gasteiger partial charge in [0, 0.05) is 6.54 Å². The molecule has 0 bridgehead atoms. The van der Waals surface area contributed by atoms with E-state index in [-0.39, 0.29) is 0 Å². The quantitative estimate of drug-likeness (QED) is 0.858. The second kappa shape index (κ2) is 5.91. The van der Waals surface area contributed by atoms with Gasteiger partial charge >= 0.3 is 0 Å². The van der Waals surface area contributed by atoms with Crippen LogP contribution in [0.3, 0.4) is 0 Å². The Morgan fingerprint density at radius 3 is 2.74 bits per heavy atom. The highest BCUT2D eigenvalue weighted by Gasteiger charge is 2.14. The molecular formula is C14H17N5. The summed E-state index contributed by atoms with van der Waals surface area (Å²) in [5, 5.41) is 16.7. The van der Waals surface area contributed by atoms with Crippen LogP contribution in [-0.2, 0) is 6.54 Å². The van der Waals surface area contributed by atoms with E-state index in [9.17, 15) is 0 Å². The number of nitrogens with one attached hydrogen (secondary N) is 1. The van der Waals surface area contributed by atoms with Crippen LogP contribution in [0.15, 0.2) is 30.3 Å². The smallest absolute Gasteiger partial charge is 0.168 e. The molecule has 0 radical (unpaired) electrons. The Morgan fingerprint density at radius 2 is 2.11 bits per heavy atom. The minimum absolute atomic E-state index is 0.407. The third kappa shape index (κ3) is 2.86. The molecule has 0 aliphatic heterocycles. The Morgan fingerprint density at radius 1 is 1.37 bits per heavy atom. The molecule has 5 nitrogen and oxygen atoms in total. The minimum atomic E-state index is 0.407. The SMILES string of the molecule is CCCNc1nn(Cc2ccccc2)c(N)c1C#N. The topological polar surface area (TPSA) is 79.7 Å². The molecule has 19 heavy (non-hydrogen) atoms. The summed E-state index contributed by atoms with van der Waals surface area (Å²) < 4.78 is 1.66. The fourth-order valence-electron chi connectivity index (χ4n) is 1.83. The highest BCUT2D eigenvalue weighted by atomic mass is 15.3. The zero-order valence-corrected chi connectivity index (χ0v) is 10.9. The second-order valence-electron chi connectivity index (χ2n) is 4.29. The molecule has 0 atom stereocenters. The van der Waals surface area contributed by atoms with Crippen molar-refractivity contribution in [1.82, 2.24) is 9.78 Å². The van der Waals surface area contributed by atoms with E-state index in [1.54, 1.807) is 4.68 Å². The minimum Gasteiger partial charge on any atom is -0.383 e. The molecule has 0 saturated heterocycles. The third-order valence-corrected chi connectivity index (χ3v) is 2.82. The van der Waals surface area contributed by atoms with Gasteiger partial charge in [-0.3, -0.25) is 0 Å². The van der Waals surface area contributed by atoms with Crippen molar-refractivity contribution < 1.29 is 0 Å². The molecule has 0 unspecified atom stereocenters. The molecule has 1 aromatic carbocycles. The summed E-state index contributed by atoms with van der Waals surface area (Å²) in [6.07, 6.45) is 0.969. The van der Waals surface area contributed by atoms with Crippen LogP contribution in [0.25, 0.3) is 0 Å². The van der Waals surface area contributed by atoms with Crippen LogP contribution < -0.4 is 11.1 Å². The highest BCUT2D eigenvalue weighted by Crippen LogP contribution is 2.21. The first kappa shape index (κ1) is 13.0. The van der Waals surface area contributed by atoms with Gasteiger partial charge in [0.25, 0.3) is 0 Å². The molecule has 0 fully saturated rings. The number of hydrogen-bond acceptors (Lipinski definition) is 4. The Hall–Kier alpha value is -2.48. The molecule has 1 heterocycles. The lowest BCUT2D eigenvalue weighted by molar-refractivity contribution is 0.698. The van der Waals surface area contributed by atoms with E-state index < -0.39 is 0 Å². The molecule has 3 N–H and O–H groups in total. The number of nitriles is 1. The van der Waals surface area contributed by atoms with Gasteiger partial charge in [0.1, 0.15) is 17.5 Å². The molecule has 2 aromatic rings. The van der Waals surface area contributed by atoms with Crippen molar-refractivity contribution in [3.63, 3.8) is 0 Å². The molecule has 0 aliphatic rings. The standard InChI is InChI=1S/C14H17N5/c1-2-8-17-14-12(9-15)13(16)19(18-14)10-11-6-4-3-5-7-11/h3-7H,2,8,10,16H2,1H3,(H,17,18). The van der Waals surface area contributed by atoms with Crippen LogP contribution in [0, 0.1) is 11.3 Å². The van der Waals surface area contributed by atoms with Gasteiger partial charge in [-0.2, -0.15) is 10.4 Å². The predicted octanol–water partition coefficient (Wildman–Crippen LogP) is 2.21. The van der Waals surface area contributed by atoms with Crippen molar-refractivity contribution in [2.24, 2.45) is 0 Å². The van der Waals surface area contributed by atoms with E-state index in [0.717, 1.165) is 18.5 Å². The van der Waals surface area contributed by atoms with Gasteiger partial charge in [0.05, 0.1) is 6.54 Å². The van der Waals surface area contributed by atoms with Crippen molar-refractivity contribution >= 4 is 11.6 Å². The van der Waals surface area contributed by atoms with Crippen LogP contribution in [0.2, 0.25) is 0 Å². The number of benzene rings is 1. The van der Waals surface area contributed by atoms with Crippen LogP contribution in [0.5, 0.6) is 0 Å². The number of hydrogen-bond donors (Lipinski definition) is 2. The van der Waals surface area contributed by atoms with Gasteiger partial charge in [-0.25, -0.2) is 4.68 Å². The monoisotopic (exact) mass is 255 g/mol. The van der Waals surface area contributed by atoms with Gasteiger partial charge in [0.15, 0.2) is 5.82 Å². The first-order chi connectivity index (χ1) is 9.26. The fourth-order valence-corrected chi connectivity index (χ4v) is 1.83. The van der Waals surface area contributed by atoms with Gasteiger partial charge in [-0.05, 0) is 12.0 Å². The number of nitrogens with two attached hydrogens (primary N) is 1. The molecule has 0 amide bonds. The lowest BCUT2D eigenvalue weighted by atomic mass is 10.2. The van der Waals surface area contributed by atoms with Crippen molar-refractivity contribution in [3.05, 3.63) is 41.5 Å². The lowest BCUT2D eigenvalue weighted by Gasteiger charge is -2.03. The van der Waals surface area contributed by atoms with Crippen molar-refractivity contribution in [1.29, 1.82) is 5.26 Å². The average Bonchev–Trinajstić information content (AvgIpc) is 2.73. The van der Waals surface area contributed by atoms with Gasteiger partial charge in [-0.1, -0.05) is 37.3 Å². The molecule has 0 aliphatic carbocycles. The van der Waals surface area contributed by atoms with Gasteiger partial charge in [-0.15, -0.1) is 0 Å². The normalized spacial score (nSPS) is 10.1.